The third-order valence-electron chi connectivity index (χ3n) is 4.29. The van der Waals surface area contributed by atoms with Crippen molar-refractivity contribution in [1.82, 2.24) is 0 Å². The monoisotopic (exact) mass is 491 g/mol. The Hall–Kier alpha value is -2.21. The number of nitrogens with one attached hydrogen (secondary N) is 1. The van der Waals surface area contributed by atoms with E-state index in [1.807, 2.05) is 0 Å². The molecule has 0 heterocycles. The van der Waals surface area contributed by atoms with E-state index in [0.29, 0.717) is 19.3 Å². The highest BCUT2D eigenvalue weighted by molar-refractivity contribution is 7.91. The summed E-state index contributed by atoms with van der Waals surface area (Å²) in [6.45, 7) is 2.73. The average molecular weight is 492 g/mol. The SMILES string of the molecule is COCCOC[C@H](C)CS(=O)(=O)c1ccc(OC)c(C(=O)Nc2ccc(F)cc2F)c1.S. The lowest BCUT2D eigenvalue weighted by Crippen LogP contribution is -2.20. The van der Waals surface area contributed by atoms with E-state index in [0.717, 1.165) is 12.1 Å². The molecule has 0 aliphatic carbocycles. The second kappa shape index (κ2) is 12.7. The van der Waals surface area contributed by atoms with Crippen LogP contribution in [0.3, 0.4) is 0 Å². The molecule has 0 aliphatic heterocycles. The zero-order valence-electron chi connectivity index (χ0n) is 18.0. The first-order valence-electron chi connectivity index (χ1n) is 9.41. The topological polar surface area (TPSA) is 90.9 Å². The first-order chi connectivity index (χ1) is 14.7. The molecule has 11 heteroatoms. The van der Waals surface area contributed by atoms with Crippen LogP contribution in [0.1, 0.15) is 17.3 Å². The molecule has 2 aromatic carbocycles. The van der Waals surface area contributed by atoms with E-state index in [-0.39, 0.29) is 53.7 Å². The molecule has 0 aromatic heterocycles. The predicted octanol–water partition coefficient (Wildman–Crippen LogP) is 3.41. The van der Waals surface area contributed by atoms with Crippen LogP contribution in [0.2, 0.25) is 0 Å². The lowest BCUT2D eigenvalue weighted by molar-refractivity contribution is 0.0577. The summed E-state index contributed by atoms with van der Waals surface area (Å²) in [6, 6.07) is 6.55. The summed E-state index contributed by atoms with van der Waals surface area (Å²) in [7, 11) is -0.882. The minimum absolute atomic E-state index is 0. The van der Waals surface area contributed by atoms with Crippen LogP contribution in [0, 0.1) is 17.6 Å². The lowest BCUT2D eigenvalue weighted by atomic mass is 10.1. The number of hydrogen-bond acceptors (Lipinski definition) is 6. The molecule has 7 nitrogen and oxygen atoms in total. The molecule has 1 atom stereocenters. The fourth-order valence-electron chi connectivity index (χ4n) is 2.78. The Labute approximate surface area is 193 Å². The van der Waals surface area contributed by atoms with Gasteiger partial charge in [0.05, 0.1) is 48.8 Å². The molecule has 0 saturated carbocycles. The second-order valence-corrected chi connectivity index (χ2v) is 8.93. The maximum absolute atomic E-state index is 13.9. The molecule has 0 saturated heterocycles. The number of benzene rings is 2. The van der Waals surface area contributed by atoms with Crippen molar-refractivity contribution in [2.75, 3.05) is 45.1 Å². The van der Waals surface area contributed by atoms with Gasteiger partial charge in [-0.1, -0.05) is 6.92 Å². The Morgan fingerprint density at radius 1 is 1.09 bits per heavy atom. The Bertz CT molecular complexity index is 1020. The molecule has 1 amide bonds. The van der Waals surface area contributed by atoms with Gasteiger partial charge < -0.3 is 19.5 Å². The van der Waals surface area contributed by atoms with Crippen LogP contribution in [0.5, 0.6) is 5.75 Å². The summed E-state index contributed by atoms with van der Waals surface area (Å²) in [5, 5.41) is 2.30. The standard InChI is InChI=1S/C21H25F2NO6S.H2S/c1-14(12-30-9-8-28-2)13-31(26,27)16-5-7-20(29-3)17(11-16)21(25)24-19-6-4-15(22)10-18(19)23;/h4-7,10-11,14H,8-9,12-13H2,1-3H3,(H,24,25);1H2/t14-;/m0./s1. The Kier molecular flexibility index (Phi) is 11.1. The Morgan fingerprint density at radius 2 is 1.81 bits per heavy atom. The molecular weight excluding hydrogens is 464 g/mol. The maximum atomic E-state index is 13.9. The van der Waals surface area contributed by atoms with Crippen LogP contribution in [-0.2, 0) is 19.3 Å². The zero-order valence-corrected chi connectivity index (χ0v) is 19.8. The number of anilines is 1. The van der Waals surface area contributed by atoms with Crippen LogP contribution >= 0.6 is 13.5 Å². The summed E-state index contributed by atoms with van der Waals surface area (Å²) in [4.78, 5) is 12.6. The number of carbonyl (C=O) groups excluding carboxylic acids is 1. The van der Waals surface area contributed by atoms with E-state index in [9.17, 15) is 22.0 Å². The highest BCUT2D eigenvalue weighted by Crippen LogP contribution is 2.26. The molecule has 1 N–H and O–H groups in total. The van der Waals surface area contributed by atoms with Gasteiger partial charge in [-0.15, -0.1) is 0 Å². The number of ether oxygens (including phenoxy) is 3. The first kappa shape index (κ1) is 27.8. The van der Waals surface area contributed by atoms with Gasteiger partial charge in [0.1, 0.15) is 17.4 Å². The van der Waals surface area contributed by atoms with Gasteiger partial charge in [0.15, 0.2) is 9.84 Å². The number of halogens is 2. The predicted molar refractivity (Wildman–Crippen MR) is 122 cm³/mol. The molecule has 2 aromatic rings. The van der Waals surface area contributed by atoms with E-state index in [1.54, 1.807) is 14.0 Å². The highest BCUT2D eigenvalue weighted by atomic mass is 32.2. The molecule has 0 fully saturated rings. The van der Waals surface area contributed by atoms with Crippen molar-refractivity contribution in [3.8, 4) is 5.75 Å². The highest BCUT2D eigenvalue weighted by Gasteiger charge is 2.23. The van der Waals surface area contributed by atoms with E-state index < -0.39 is 27.4 Å². The molecule has 0 unspecified atom stereocenters. The quantitative estimate of drug-likeness (QED) is 0.485. The van der Waals surface area contributed by atoms with Crippen molar-refractivity contribution in [2.45, 2.75) is 11.8 Å². The molecule has 0 radical (unpaired) electrons. The van der Waals surface area contributed by atoms with Gasteiger partial charge >= 0.3 is 0 Å². The summed E-state index contributed by atoms with van der Waals surface area (Å²) < 4.78 is 67.9. The van der Waals surface area contributed by atoms with Crippen molar-refractivity contribution in [2.24, 2.45) is 5.92 Å². The molecule has 178 valence electrons. The average Bonchev–Trinajstić information content (AvgIpc) is 2.72. The molecule has 2 rings (SSSR count). The number of amides is 1. The van der Waals surface area contributed by atoms with Crippen molar-refractivity contribution < 1.29 is 36.2 Å². The van der Waals surface area contributed by atoms with Gasteiger partial charge in [-0.3, -0.25) is 4.79 Å². The largest absolute Gasteiger partial charge is 0.496 e. The van der Waals surface area contributed by atoms with Crippen molar-refractivity contribution in [1.29, 1.82) is 0 Å². The summed E-state index contributed by atoms with van der Waals surface area (Å²) in [5.41, 5.74) is -0.347. The minimum Gasteiger partial charge on any atom is -0.496 e. The molecular formula is C21H27F2NO6S2. The van der Waals surface area contributed by atoms with E-state index in [2.05, 4.69) is 5.32 Å². The van der Waals surface area contributed by atoms with Crippen LogP contribution in [0.15, 0.2) is 41.3 Å². The number of carbonyl (C=O) groups is 1. The summed E-state index contributed by atoms with van der Waals surface area (Å²) >= 11 is 0. The fourth-order valence-corrected chi connectivity index (χ4v) is 4.39. The van der Waals surface area contributed by atoms with Gasteiger partial charge in [0.25, 0.3) is 5.91 Å². The number of methoxy groups -OCH3 is 2. The van der Waals surface area contributed by atoms with Gasteiger partial charge in [-0.25, -0.2) is 17.2 Å². The third kappa shape index (κ3) is 7.73. The molecule has 0 spiro atoms. The van der Waals surface area contributed by atoms with Crippen molar-refractivity contribution in [3.63, 3.8) is 0 Å². The van der Waals surface area contributed by atoms with Gasteiger partial charge in [0.2, 0.25) is 0 Å². The van der Waals surface area contributed by atoms with Crippen LogP contribution in [0.25, 0.3) is 0 Å². The fraction of sp³-hybridized carbons (Fsp3) is 0.381. The van der Waals surface area contributed by atoms with Crippen LogP contribution in [-0.4, -0.2) is 54.1 Å². The zero-order chi connectivity index (χ0) is 23.0. The normalized spacial score (nSPS) is 12.0. The summed E-state index contributed by atoms with van der Waals surface area (Å²) in [6.07, 6.45) is 0. The van der Waals surface area contributed by atoms with E-state index in [1.165, 1.54) is 25.3 Å². The van der Waals surface area contributed by atoms with Gasteiger partial charge in [0, 0.05) is 13.2 Å². The smallest absolute Gasteiger partial charge is 0.259 e. The van der Waals surface area contributed by atoms with Crippen molar-refractivity contribution in [3.05, 3.63) is 53.6 Å². The second-order valence-electron chi connectivity index (χ2n) is 6.89. The first-order valence-corrected chi connectivity index (χ1v) is 11.1. The molecule has 0 aliphatic rings. The number of sulfone groups is 1. The van der Waals surface area contributed by atoms with Gasteiger partial charge in [-0.2, -0.15) is 13.5 Å². The van der Waals surface area contributed by atoms with Crippen LogP contribution < -0.4 is 10.1 Å². The molecule has 32 heavy (non-hydrogen) atoms. The number of hydrogen-bond donors (Lipinski definition) is 1. The minimum atomic E-state index is -3.74. The van der Waals surface area contributed by atoms with E-state index >= 15 is 0 Å². The molecule has 0 bridgehead atoms. The van der Waals surface area contributed by atoms with E-state index in [4.69, 9.17) is 14.2 Å². The Balaban J connectivity index is 0.00000512. The summed E-state index contributed by atoms with van der Waals surface area (Å²) in [5.74, 6) is -2.93. The maximum Gasteiger partial charge on any atom is 0.259 e. The lowest BCUT2D eigenvalue weighted by Gasteiger charge is -2.15. The van der Waals surface area contributed by atoms with Gasteiger partial charge in [-0.05, 0) is 36.2 Å². The Morgan fingerprint density at radius 3 is 2.44 bits per heavy atom. The van der Waals surface area contributed by atoms with Crippen molar-refractivity contribution >= 4 is 34.9 Å². The number of rotatable bonds is 11. The van der Waals surface area contributed by atoms with Crippen LogP contribution in [0.4, 0.5) is 14.5 Å². The third-order valence-corrected chi connectivity index (χ3v) is 6.27.